The van der Waals surface area contributed by atoms with E-state index in [2.05, 4.69) is 20.6 Å². The van der Waals surface area contributed by atoms with Gasteiger partial charge in [-0.2, -0.15) is 0 Å². The second-order valence-electron chi connectivity index (χ2n) is 12.6. The van der Waals surface area contributed by atoms with E-state index in [1.165, 1.54) is 38.5 Å². The summed E-state index contributed by atoms with van der Waals surface area (Å²) in [4.78, 5) is 35.4. The van der Waals surface area contributed by atoms with E-state index in [4.69, 9.17) is 0 Å². The van der Waals surface area contributed by atoms with Crippen molar-refractivity contribution in [1.82, 2.24) is 9.97 Å². The third-order valence-electron chi connectivity index (χ3n) is 10.2. The van der Waals surface area contributed by atoms with E-state index >= 15 is 0 Å². The Morgan fingerprint density at radius 1 is 0.594 bits per heavy atom. The van der Waals surface area contributed by atoms with Gasteiger partial charge in [0.15, 0.2) is 11.6 Å². The lowest BCUT2D eigenvalue weighted by Gasteiger charge is -2.55. The van der Waals surface area contributed by atoms with Crippen molar-refractivity contribution in [3.05, 3.63) is 12.4 Å². The zero-order chi connectivity index (χ0) is 21.5. The average molecular weight is 435 g/mol. The summed E-state index contributed by atoms with van der Waals surface area (Å²) < 4.78 is 0. The smallest absolute Gasteiger partial charge is 0.231 e. The molecule has 1 aromatic rings. The zero-order valence-electron chi connectivity index (χ0n) is 18.8. The van der Waals surface area contributed by atoms with Crippen LogP contribution in [0.25, 0.3) is 0 Å². The summed E-state index contributed by atoms with van der Waals surface area (Å²) >= 11 is 0. The molecule has 6 nitrogen and oxygen atoms in total. The molecular formula is C26H34N4O2. The van der Waals surface area contributed by atoms with Crippen LogP contribution in [0.15, 0.2) is 12.4 Å². The second kappa shape index (κ2) is 6.77. The maximum Gasteiger partial charge on any atom is 0.231 e. The van der Waals surface area contributed by atoms with Crippen LogP contribution in [-0.2, 0) is 9.59 Å². The lowest BCUT2D eigenvalue weighted by Crippen LogP contribution is -2.52. The molecule has 0 spiro atoms. The summed E-state index contributed by atoms with van der Waals surface area (Å²) in [7, 11) is 0. The fraction of sp³-hybridized carbons (Fsp3) is 0.769. The van der Waals surface area contributed by atoms with Gasteiger partial charge in [-0.1, -0.05) is 0 Å². The molecule has 2 amide bonds. The molecule has 8 fully saturated rings. The molecule has 8 aliphatic carbocycles. The molecule has 2 N–H and O–H groups in total. The molecule has 8 bridgehead atoms. The van der Waals surface area contributed by atoms with Gasteiger partial charge >= 0.3 is 0 Å². The van der Waals surface area contributed by atoms with Gasteiger partial charge in [0.2, 0.25) is 11.8 Å². The maximum absolute atomic E-state index is 13.2. The Morgan fingerprint density at radius 3 is 1.12 bits per heavy atom. The van der Waals surface area contributed by atoms with E-state index < -0.39 is 0 Å². The molecule has 0 aliphatic heterocycles. The quantitative estimate of drug-likeness (QED) is 0.714. The van der Waals surface area contributed by atoms with Crippen molar-refractivity contribution in [3.8, 4) is 0 Å². The van der Waals surface area contributed by atoms with Gasteiger partial charge in [0.1, 0.15) is 0 Å². The zero-order valence-corrected chi connectivity index (χ0v) is 18.8. The van der Waals surface area contributed by atoms with Crippen molar-refractivity contribution in [2.75, 3.05) is 10.6 Å². The number of nitrogens with zero attached hydrogens (tertiary/aromatic N) is 2. The predicted molar refractivity (Wildman–Crippen MR) is 121 cm³/mol. The second-order valence-corrected chi connectivity index (χ2v) is 12.6. The van der Waals surface area contributed by atoms with Crippen LogP contribution in [0.3, 0.4) is 0 Å². The summed E-state index contributed by atoms with van der Waals surface area (Å²) in [6.07, 6.45) is 17.4. The van der Waals surface area contributed by atoms with Crippen LogP contribution in [0.1, 0.15) is 77.0 Å². The molecule has 0 saturated heterocycles. The summed E-state index contributed by atoms with van der Waals surface area (Å²) in [6, 6.07) is 0. The highest BCUT2D eigenvalue weighted by atomic mass is 16.2. The van der Waals surface area contributed by atoms with Gasteiger partial charge < -0.3 is 10.6 Å². The van der Waals surface area contributed by atoms with Crippen LogP contribution in [-0.4, -0.2) is 21.8 Å². The van der Waals surface area contributed by atoms with Crippen LogP contribution in [0.2, 0.25) is 0 Å². The summed E-state index contributed by atoms with van der Waals surface area (Å²) in [5.74, 6) is 5.69. The molecule has 1 heterocycles. The van der Waals surface area contributed by atoms with Crippen LogP contribution in [0, 0.1) is 46.3 Å². The monoisotopic (exact) mass is 434 g/mol. The fourth-order valence-electron chi connectivity index (χ4n) is 9.73. The van der Waals surface area contributed by atoms with Crippen molar-refractivity contribution in [2.24, 2.45) is 46.3 Å². The number of carbonyl (C=O) groups excluding carboxylic acids is 2. The normalized spacial score (nSPS) is 45.1. The molecule has 8 saturated carbocycles. The molecule has 8 aliphatic rings. The van der Waals surface area contributed by atoms with Crippen LogP contribution < -0.4 is 10.6 Å². The first kappa shape index (κ1) is 19.5. The number of anilines is 2. The highest BCUT2D eigenvalue weighted by Gasteiger charge is 2.55. The number of rotatable bonds is 4. The fourth-order valence-corrected chi connectivity index (χ4v) is 9.73. The van der Waals surface area contributed by atoms with Gasteiger partial charge in [-0.25, -0.2) is 9.97 Å². The molecule has 0 radical (unpaired) electrons. The van der Waals surface area contributed by atoms with Crippen LogP contribution >= 0.6 is 0 Å². The van der Waals surface area contributed by atoms with Gasteiger partial charge in [0.25, 0.3) is 0 Å². The van der Waals surface area contributed by atoms with Crippen molar-refractivity contribution in [2.45, 2.75) is 77.0 Å². The van der Waals surface area contributed by atoms with Gasteiger partial charge in [-0.15, -0.1) is 0 Å². The first-order valence-electron chi connectivity index (χ1n) is 12.9. The third kappa shape index (κ3) is 3.04. The predicted octanol–water partition coefficient (Wildman–Crippen LogP) is 4.79. The van der Waals surface area contributed by atoms with Gasteiger partial charge in [0.05, 0.1) is 23.2 Å². The molecule has 1 aromatic heterocycles. The molecule has 32 heavy (non-hydrogen) atoms. The summed E-state index contributed by atoms with van der Waals surface area (Å²) in [5, 5.41) is 6.13. The summed E-state index contributed by atoms with van der Waals surface area (Å²) in [5.41, 5.74) is -0.385. The number of amides is 2. The molecule has 0 unspecified atom stereocenters. The SMILES string of the molecule is O=C(Nc1cnc(NC(=O)C23CC4CC(CC(C4)C2)C3)cn1)C12CC3CC(CC(C3)C1)C2. The Bertz CT molecular complexity index is 808. The first-order chi connectivity index (χ1) is 15.5. The lowest BCUT2D eigenvalue weighted by molar-refractivity contribution is -0.141. The first-order valence-corrected chi connectivity index (χ1v) is 12.9. The number of carbonyl (C=O) groups is 2. The van der Waals surface area contributed by atoms with Crippen LogP contribution in [0.5, 0.6) is 0 Å². The van der Waals surface area contributed by atoms with Gasteiger partial charge in [0, 0.05) is 0 Å². The Hall–Kier alpha value is -1.98. The molecular weight excluding hydrogens is 400 g/mol. The molecule has 0 aromatic carbocycles. The van der Waals surface area contributed by atoms with E-state index in [1.54, 1.807) is 12.4 Å². The molecule has 0 atom stereocenters. The molecule has 9 rings (SSSR count). The Kier molecular flexibility index (Phi) is 4.12. The van der Waals surface area contributed by atoms with E-state index in [0.717, 1.165) is 74.0 Å². The van der Waals surface area contributed by atoms with Crippen molar-refractivity contribution in [1.29, 1.82) is 0 Å². The average Bonchev–Trinajstić information content (AvgIpc) is 2.73. The van der Waals surface area contributed by atoms with Gasteiger partial charge in [-0.05, 0) is 113 Å². The number of hydrogen-bond acceptors (Lipinski definition) is 4. The number of aromatic nitrogens is 2. The maximum atomic E-state index is 13.2. The standard InChI is InChI=1S/C26H34N4O2/c31-23(25-7-15-1-16(8-25)3-17(2-15)9-25)29-21-13-28-22(14-27-21)30-24(32)26-10-18-4-19(11-26)6-20(5-18)12-26/h13-20H,1-12H2,(H,27,29,31)(H,28,30,32). The highest BCUT2D eigenvalue weighted by Crippen LogP contribution is 2.61. The minimum absolute atomic E-state index is 0.135. The van der Waals surface area contributed by atoms with Gasteiger partial charge in [-0.3, -0.25) is 9.59 Å². The van der Waals surface area contributed by atoms with Crippen molar-refractivity contribution < 1.29 is 9.59 Å². The van der Waals surface area contributed by atoms with E-state index in [9.17, 15) is 9.59 Å². The highest BCUT2D eigenvalue weighted by molar-refractivity contribution is 5.96. The molecule has 170 valence electrons. The van der Waals surface area contributed by atoms with Crippen molar-refractivity contribution in [3.63, 3.8) is 0 Å². The summed E-state index contributed by atoms with van der Waals surface area (Å²) in [6.45, 7) is 0. The largest absolute Gasteiger partial charge is 0.309 e. The third-order valence-corrected chi connectivity index (χ3v) is 10.2. The molecule has 6 heteroatoms. The van der Waals surface area contributed by atoms with Crippen molar-refractivity contribution >= 4 is 23.5 Å². The Balaban J connectivity index is 1.02. The Morgan fingerprint density at radius 2 is 0.875 bits per heavy atom. The topological polar surface area (TPSA) is 84.0 Å². The lowest BCUT2D eigenvalue weighted by atomic mass is 9.49. The van der Waals surface area contributed by atoms with E-state index in [-0.39, 0.29) is 22.6 Å². The minimum atomic E-state index is -0.193. The Labute approximate surface area is 189 Å². The minimum Gasteiger partial charge on any atom is -0.309 e. The number of nitrogens with one attached hydrogen (secondary N) is 2. The van der Waals surface area contributed by atoms with E-state index in [1.807, 2.05) is 0 Å². The van der Waals surface area contributed by atoms with Crippen LogP contribution in [0.4, 0.5) is 11.6 Å². The van der Waals surface area contributed by atoms with E-state index in [0.29, 0.717) is 11.6 Å². The number of hydrogen-bond donors (Lipinski definition) is 2.